The number of hydrogen-bond donors (Lipinski definition) is 0. The van der Waals surface area contributed by atoms with E-state index in [1.54, 1.807) is 35.5 Å². The lowest BCUT2D eigenvalue weighted by Crippen LogP contribution is -2.55. The van der Waals surface area contributed by atoms with E-state index in [1.807, 2.05) is 48.5 Å². The van der Waals surface area contributed by atoms with Gasteiger partial charge in [0.05, 0.1) is 0 Å². The average molecular weight is 462 g/mol. The zero-order chi connectivity index (χ0) is 21.0. The highest BCUT2D eigenvalue weighted by Gasteiger charge is 2.42. The van der Waals surface area contributed by atoms with Gasteiger partial charge in [-0.2, -0.15) is 0 Å². The summed E-state index contributed by atoms with van der Waals surface area (Å²) in [5.74, 6) is 0.418. The van der Waals surface area contributed by atoms with E-state index in [-0.39, 0.29) is 0 Å². The minimum atomic E-state index is -2.74. The summed E-state index contributed by atoms with van der Waals surface area (Å²) in [4.78, 5) is 0. The quantitative estimate of drug-likeness (QED) is 0.420. The molecule has 0 aliphatic carbocycles. The molecule has 0 amide bonds. The Morgan fingerprint density at radius 1 is 0.786 bits per heavy atom. The summed E-state index contributed by atoms with van der Waals surface area (Å²) in [7, 11) is 4.16. The summed E-state index contributed by atoms with van der Waals surface area (Å²) in [6.07, 6.45) is 0. The van der Waals surface area contributed by atoms with Gasteiger partial charge in [0, 0.05) is 57.7 Å². The third-order valence-corrected chi connectivity index (χ3v) is 9.04. The molecule has 0 atom stereocenters. The molecule has 0 N–H and O–H groups in total. The highest BCUT2D eigenvalue weighted by atomic mass is 35.5. The van der Waals surface area contributed by atoms with Gasteiger partial charge in [-0.1, -0.05) is 54.1 Å². The van der Waals surface area contributed by atoms with Crippen LogP contribution in [-0.4, -0.2) is 53.6 Å². The van der Waals surface area contributed by atoms with Crippen LogP contribution in [0.2, 0.25) is 5.02 Å². The predicted octanol–water partition coefficient (Wildman–Crippen LogP) is 3.71. The molecule has 2 rings (SSSR count). The van der Waals surface area contributed by atoms with E-state index in [9.17, 15) is 0 Å². The summed E-state index contributed by atoms with van der Waals surface area (Å²) in [6.45, 7) is 0. The second-order valence-corrected chi connectivity index (χ2v) is 11.0. The Bertz CT molecular complexity index is 689. The van der Waals surface area contributed by atoms with Gasteiger partial charge in [-0.25, -0.2) is 0 Å². The zero-order valence-corrected chi connectivity index (χ0v) is 20.3. The minimum Gasteiger partial charge on any atom is -0.397 e. The van der Waals surface area contributed by atoms with Gasteiger partial charge >= 0.3 is 18.1 Å². The first-order valence-electron chi connectivity index (χ1n) is 8.48. The first-order chi connectivity index (χ1) is 13.5. The van der Waals surface area contributed by atoms with Crippen LogP contribution in [0.4, 0.5) is 0 Å². The van der Waals surface area contributed by atoms with Gasteiger partial charge in [0.25, 0.3) is 0 Å². The molecule has 0 aliphatic rings. The number of benzene rings is 2. The molecule has 9 heteroatoms. The molecule has 0 spiro atoms. The Hall–Kier alpha value is -0.746. The molecule has 155 valence electrons. The Morgan fingerprint density at radius 3 is 1.75 bits per heavy atom. The van der Waals surface area contributed by atoms with Crippen molar-refractivity contribution in [3.8, 4) is 0 Å². The third kappa shape index (κ3) is 6.94. The van der Waals surface area contributed by atoms with Crippen LogP contribution in [0.25, 0.3) is 0 Å². The van der Waals surface area contributed by atoms with Crippen LogP contribution in [0.3, 0.4) is 0 Å². The molecule has 0 unspecified atom stereocenters. The molecular formula is C19H27Cl2O5Si2. The summed E-state index contributed by atoms with van der Waals surface area (Å²) < 4.78 is 26.6. The van der Waals surface area contributed by atoms with E-state index in [0.717, 1.165) is 27.4 Å². The Balaban J connectivity index is 0.000000283. The second-order valence-electron chi connectivity index (χ2n) is 5.51. The lowest BCUT2D eigenvalue weighted by Gasteiger charge is -2.26. The average Bonchev–Trinajstić information content (AvgIpc) is 2.75. The Morgan fingerprint density at radius 2 is 1.29 bits per heavy atom. The van der Waals surface area contributed by atoms with Crippen molar-refractivity contribution in [2.24, 2.45) is 0 Å². The molecule has 2 aromatic rings. The van der Waals surface area contributed by atoms with Crippen LogP contribution in [0.15, 0.2) is 48.5 Å². The van der Waals surface area contributed by atoms with Crippen molar-refractivity contribution < 1.29 is 22.1 Å². The maximum Gasteiger partial charge on any atom is 0.536 e. The van der Waals surface area contributed by atoms with Crippen LogP contribution < -0.4 is 5.19 Å². The van der Waals surface area contributed by atoms with E-state index in [4.69, 9.17) is 45.3 Å². The fourth-order valence-corrected chi connectivity index (χ4v) is 6.30. The van der Waals surface area contributed by atoms with Gasteiger partial charge in [-0.15, -0.1) is 11.6 Å². The molecule has 0 saturated carbocycles. The van der Waals surface area contributed by atoms with Gasteiger partial charge in [0.1, 0.15) is 0 Å². The molecule has 0 aliphatic heterocycles. The standard InChI is InChI=1S/C10H15ClO3Si.C9H12ClO2Si/c1-12-15(13-2,14-3)10-7-5-4-6-9(10)8-11;1-11-13(12-2)7-8-5-3-4-6-9(8)10/h4-7H,8H2,1-3H3;3-6H,7H2,1-2H3. The zero-order valence-electron chi connectivity index (χ0n) is 16.8. The van der Waals surface area contributed by atoms with Crippen LogP contribution in [-0.2, 0) is 34.1 Å². The fourth-order valence-electron chi connectivity index (χ4n) is 2.54. The Kier molecular flexibility index (Phi) is 12.2. The summed E-state index contributed by atoms with van der Waals surface area (Å²) >= 11 is 11.9. The summed E-state index contributed by atoms with van der Waals surface area (Å²) in [5.41, 5.74) is 2.07. The van der Waals surface area contributed by atoms with Gasteiger partial charge in [0.2, 0.25) is 0 Å². The van der Waals surface area contributed by atoms with E-state index in [0.29, 0.717) is 5.88 Å². The van der Waals surface area contributed by atoms with Crippen molar-refractivity contribution in [1.29, 1.82) is 0 Å². The first kappa shape index (κ1) is 25.3. The summed E-state index contributed by atoms with van der Waals surface area (Å²) in [6, 6.07) is 16.3. The SMILES string of the molecule is CO[Si](Cc1ccccc1Cl)OC.CO[Si](OC)(OC)c1ccccc1CCl. The van der Waals surface area contributed by atoms with Crippen molar-refractivity contribution in [3.05, 3.63) is 64.7 Å². The van der Waals surface area contributed by atoms with Gasteiger partial charge in [-0.05, 0) is 17.2 Å². The monoisotopic (exact) mass is 461 g/mol. The van der Waals surface area contributed by atoms with Crippen LogP contribution in [0, 0.1) is 0 Å². The topological polar surface area (TPSA) is 46.2 Å². The predicted molar refractivity (Wildman–Crippen MR) is 117 cm³/mol. The van der Waals surface area contributed by atoms with E-state index in [1.165, 1.54) is 0 Å². The van der Waals surface area contributed by atoms with Crippen molar-refractivity contribution in [2.45, 2.75) is 11.9 Å². The molecular weight excluding hydrogens is 435 g/mol. The molecule has 28 heavy (non-hydrogen) atoms. The molecule has 5 nitrogen and oxygen atoms in total. The Labute approximate surface area is 180 Å². The molecule has 0 saturated heterocycles. The van der Waals surface area contributed by atoms with E-state index in [2.05, 4.69) is 0 Å². The van der Waals surface area contributed by atoms with Crippen molar-refractivity contribution in [2.75, 3.05) is 35.5 Å². The van der Waals surface area contributed by atoms with Crippen LogP contribution in [0.5, 0.6) is 0 Å². The lowest BCUT2D eigenvalue weighted by molar-refractivity contribution is 0.140. The number of alkyl halides is 1. The van der Waals surface area contributed by atoms with Gasteiger partial charge in [0.15, 0.2) is 0 Å². The van der Waals surface area contributed by atoms with Gasteiger partial charge < -0.3 is 22.1 Å². The fraction of sp³-hybridized carbons (Fsp3) is 0.368. The van der Waals surface area contributed by atoms with Crippen LogP contribution in [0.1, 0.15) is 11.1 Å². The first-order valence-corrected chi connectivity index (χ1v) is 12.6. The van der Waals surface area contributed by atoms with Crippen LogP contribution >= 0.6 is 23.2 Å². The highest BCUT2D eigenvalue weighted by molar-refractivity contribution is 6.75. The van der Waals surface area contributed by atoms with E-state index >= 15 is 0 Å². The van der Waals surface area contributed by atoms with Crippen molar-refractivity contribution in [1.82, 2.24) is 0 Å². The third-order valence-electron chi connectivity index (χ3n) is 4.05. The lowest BCUT2D eigenvalue weighted by atomic mass is 10.2. The van der Waals surface area contributed by atoms with Crippen molar-refractivity contribution in [3.63, 3.8) is 0 Å². The summed E-state index contributed by atoms with van der Waals surface area (Å²) in [5, 5.41) is 1.70. The smallest absolute Gasteiger partial charge is 0.397 e. The maximum atomic E-state index is 5.99. The molecule has 0 fully saturated rings. The normalized spacial score (nSPS) is 11.3. The van der Waals surface area contributed by atoms with E-state index < -0.39 is 18.1 Å². The second kappa shape index (κ2) is 13.5. The maximum absolute atomic E-state index is 5.99. The number of hydrogen-bond acceptors (Lipinski definition) is 5. The molecule has 0 aromatic heterocycles. The van der Waals surface area contributed by atoms with Gasteiger partial charge in [-0.3, -0.25) is 0 Å². The largest absolute Gasteiger partial charge is 0.536 e. The molecule has 2 aromatic carbocycles. The number of rotatable bonds is 9. The number of halogens is 2. The molecule has 1 radical (unpaired) electrons. The molecule has 0 heterocycles. The molecule has 0 bridgehead atoms. The minimum absolute atomic E-state index is 0.418. The highest BCUT2D eigenvalue weighted by Crippen LogP contribution is 2.16. The van der Waals surface area contributed by atoms with Crippen molar-refractivity contribution >= 4 is 46.5 Å².